The van der Waals surface area contributed by atoms with Crippen molar-refractivity contribution in [1.82, 2.24) is 0 Å². The zero-order valence-corrected chi connectivity index (χ0v) is 38.6. The molecule has 0 heterocycles. The number of esters is 2. The summed E-state index contributed by atoms with van der Waals surface area (Å²) >= 11 is 0. The molecule has 0 saturated carbocycles. The van der Waals surface area contributed by atoms with Gasteiger partial charge in [0.2, 0.25) is 0 Å². The van der Waals surface area contributed by atoms with Crippen molar-refractivity contribution in [2.45, 2.75) is 245 Å². The molecule has 0 aromatic rings. The van der Waals surface area contributed by atoms with Gasteiger partial charge in [0, 0.05) is 19.4 Å². The van der Waals surface area contributed by atoms with Gasteiger partial charge in [0.25, 0.3) is 0 Å². The van der Waals surface area contributed by atoms with E-state index in [4.69, 9.17) is 14.2 Å². The van der Waals surface area contributed by atoms with Crippen molar-refractivity contribution in [3.05, 3.63) is 60.8 Å². The summed E-state index contributed by atoms with van der Waals surface area (Å²) in [5.41, 5.74) is 0. The molecule has 0 fully saturated rings. The Hall–Kier alpha value is -2.40. The molecular formula is C53H94O5. The lowest BCUT2D eigenvalue weighted by molar-refractivity contribution is -0.163. The van der Waals surface area contributed by atoms with Gasteiger partial charge in [0.15, 0.2) is 6.10 Å². The van der Waals surface area contributed by atoms with Gasteiger partial charge in [-0.15, -0.1) is 0 Å². The van der Waals surface area contributed by atoms with Gasteiger partial charge in [0.05, 0.1) is 6.61 Å². The molecule has 0 aliphatic heterocycles. The fraction of sp³-hybridized carbons (Fsp3) is 0.774. The summed E-state index contributed by atoms with van der Waals surface area (Å²) in [5.74, 6) is -0.432. The van der Waals surface area contributed by atoms with Gasteiger partial charge < -0.3 is 14.2 Å². The number of unbranched alkanes of at least 4 members (excludes halogenated alkanes) is 24. The van der Waals surface area contributed by atoms with E-state index in [0.29, 0.717) is 19.4 Å². The van der Waals surface area contributed by atoms with Gasteiger partial charge in [-0.25, -0.2) is 0 Å². The number of rotatable bonds is 45. The van der Waals surface area contributed by atoms with E-state index in [0.717, 1.165) is 77.0 Å². The lowest BCUT2D eigenvalue weighted by Gasteiger charge is -2.18. The summed E-state index contributed by atoms with van der Waals surface area (Å²) in [6.07, 6.45) is 60.8. The van der Waals surface area contributed by atoms with E-state index >= 15 is 0 Å². The SMILES string of the molecule is CC/C=C\C/C=C\C/C=C\CCCCCC(=O)OCC(COCCCCCCCC/C=C\C/C=C\CCCCC)OC(=O)CCCCCCCCCCCCCCC. The monoisotopic (exact) mass is 811 g/mol. The van der Waals surface area contributed by atoms with Crippen LogP contribution in [0.5, 0.6) is 0 Å². The van der Waals surface area contributed by atoms with Crippen molar-refractivity contribution in [3.8, 4) is 0 Å². The molecule has 0 aromatic heterocycles. The maximum atomic E-state index is 12.8. The van der Waals surface area contributed by atoms with E-state index < -0.39 is 6.10 Å². The summed E-state index contributed by atoms with van der Waals surface area (Å²) in [4.78, 5) is 25.3. The Bertz CT molecular complexity index is 1010. The van der Waals surface area contributed by atoms with Crippen molar-refractivity contribution in [3.63, 3.8) is 0 Å². The number of carbonyl (C=O) groups is 2. The quantitative estimate of drug-likeness (QED) is 0.0348. The standard InChI is InChI=1S/C53H94O5/c1-4-7-10-13-16-19-22-25-26-27-30-33-36-39-42-45-48-56-49-51(58-53(55)47-44-41-38-35-32-29-24-21-18-15-12-9-6-3)50-57-52(54)46-43-40-37-34-31-28-23-20-17-14-11-8-5-2/h8,11,16-17,19-20,25-26,28,31,51H,4-7,9-10,12-15,18,21-24,27,29-30,32-50H2,1-3H3/b11-8-,19-16-,20-17-,26-25-,31-28-. The van der Waals surface area contributed by atoms with Crippen LogP contribution in [0.2, 0.25) is 0 Å². The Morgan fingerprint density at radius 1 is 0.397 bits per heavy atom. The highest BCUT2D eigenvalue weighted by Gasteiger charge is 2.17. The molecular weight excluding hydrogens is 717 g/mol. The van der Waals surface area contributed by atoms with Gasteiger partial charge in [-0.3, -0.25) is 9.59 Å². The first-order chi connectivity index (χ1) is 28.6. The maximum absolute atomic E-state index is 12.8. The van der Waals surface area contributed by atoms with Crippen LogP contribution in [0.1, 0.15) is 239 Å². The van der Waals surface area contributed by atoms with E-state index in [1.54, 1.807) is 0 Å². The maximum Gasteiger partial charge on any atom is 0.306 e. The Morgan fingerprint density at radius 2 is 0.776 bits per heavy atom. The van der Waals surface area contributed by atoms with Crippen molar-refractivity contribution in [2.75, 3.05) is 19.8 Å². The minimum Gasteiger partial charge on any atom is -0.462 e. The fourth-order valence-electron chi connectivity index (χ4n) is 6.85. The molecule has 1 unspecified atom stereocenters. The number of hydrogen-bond acceptors (Lipinski definition) is 5. The van der Waals surface area contributed by atoms with Gasteiger partial charge >= 0.3 is 11.9 Å². The number of ether oxygens (including phenoxy) is 3. The van der Waals surface area contributed by atoms with Crippen LogP contribution in [0.25, 0.3) is 0 Å². The second-order valence-corrected chi connectivity index (χ2v) is 16.3. The van der Waals surface area contributed by atoms with Gasteiger partial charge in [-0.1, -0.05) is 204 Å². The lowest BCUT2D eigenvalue weighted by atomic mass is 10.0. The average Bonchev–Trinajstić information content (AvgIpc) is 3.22. The largest absolute Gasteiger partial charge is 0.462 e. The Morgan fingerprint density at radius 3 is 1.29 bits per heavy atom. The van der Waals surface area contributed by atoms with Crippen molar-refractivity contribution in [2.24, 2.45) is 0 Å². The van der Waals surface area contributed by atoms with Crippen molar-refractivity contribution in [1.29, 1.82) is 0 Å². The summed E-state index contributed by atoms with van der Waals surface area (Å²) in [7, 11) is 0. The van der Waals surface area contributed by atoms with Crippen LogP contribution in [0.15, 0.2) is 60.8 Å². The minimum atomic E-state index is -0.551. The number of allylic oxidation sites excluding steroid dienone is 10. The van der Waals surface area contributed by atoms with E-state index in [1.165, 1.54) is 128 Å². The molecule has 0 aliphatic rings. The van der Waals surface area contributed by atoms with E-state index in [2.05, 4.69) is 81.5 Å². The van der Waals surface area contributed by atoms with Gasteiger partial charge in [0.1, 0.15) is 6.61 Å². The third-order valence-corrected chi connectivity index (χ3v) is 10.5. The van der Waals surface area contributed by atoms with Crippen LogP contribution in [0.3, 0.4) is 0 Å². The zero-order valence-electron chi connectivity index (χ0n) is 38.6. The minimum absolute atomic E-state index is 0.0668. The van der Waals surface area contributed by atoms with Crippen LogP contribution in [-0.4, -0.2) is 37.9 Å². The van der Waals surface area contributed by atoms with E-state index in [-0.39, 0.29) is 25.2 Å². The Balaban J connectivity index is 4.31. The normalized spacial score (nSPS) is 12.7. The molecule has 0 bridgehead atoms. The Labute approximate surface area is 360 Å². The topological polar surface area (TPSA) is 61.8 Å². The van der Waals surface area contributed by atoms with Crippen molar-refractivity contribution >= 4 is 11.9 Å². The summed E-state index contributed by atoms with van der Waals surface area (Å²) in [6, 6.07) is 0. The zero-order chi connectivity index (χ0) is 42.1. The molecule has 0 N–H and O–H groups in total. The highest BCUT2D eigenvalue weighted by Crippen LogP contribution is 2.14. The third-order valence-electron chi connectivity index (χ3n) is 10.5. The first-order valence-electron chi connectivity index (χ1n) is 24.8. The highest BCUT2D eigenvalue weighted by molar-refractivity contribution is 5.70. The molecule has 0 saturated heterocycles. The average molecular weight is 811 g/mol. The summed E-state index contributed by atoms with van der Waals surface area (Å²) in [6.45, 7) is 7.65. The molecule has 0 amide bonds. The molecule has 5 nitrogen and oxygen atoms in total. The number of hydrogen-bond donors (Lipinski definition) is 0. The third kappa shape index (κ3) is 46.3. The van der Waals surface area contributed by atoms with Crippen LogP contribution in [0, 0.1) is 0 Å². The van der Waals surface area contributed by atoms with Crippen LogP contribution in [0.4, 0.5) is 0 Å². The predicted molar refractivity (Wildman–Crippen MR) is 251 cm³/mol. The van der Waals surface area contributed by atoms with Crippen LogP contribution >= 0.6 is 0 Å². The molecule has 0 aromatic carbocycles. The molecule has 336 valence electrons. The first-order valence-corrected chi connectivity index (χ1v) is 24.8. The fourth-order valence-corrected chi connectivity index (χ4v) is 6.85. The summed E-state index contributed by atoms with van der Waals surface area (Å²) < 4.78 is 17.3. The van der Waals surface area contributed by atoms with Crippen LogP contribution in [-0.2, 0) is 23.8 Å². The van der Waals surface area contributed by atoms with Gasteiger partial charge in [-0.05, 0) is 83.5 Å². The van der Waals surface area contributed by atoms with Gasteiger partial charge in [-0.2, -0.15) is 0 Å². The molecule has 0 radical (unpaired) electrons. The highest BCUT2D eigenvalue weighted by atomic mass is 16.6. The second kappa shape index (κ2) is 49.0. The molecule has 5 heteroatoms. The molecule has 0 aliphatic carbocycles. The smallest absolute Gasteiger partial charge is 0.306 e. The van der Waals surface area contributed by atoms with Crippen molar-refractivity contribution < 1.29 is 23.8 Å². The molecule has 58 heavy (non-hydrogen) atoms. The predicted octanol–water partition coefficient (Wildman–Crippen LogP) is 16.6. The van der Waals surface area contributed by atoms with E-state index in [9.17, 15) is 9.59 Å². The Kier molecular flexibility index (Phi) is 46.9. The molecule has 0 spiro atoms. The van der Waals surface area contributed by atoms with Crippen LogP contribution < -0.4 is 0 Å². The molecule has 0 rings (SSSR count). The first kappa shape index (κ1) is 55.6. The molecule has 1 atom stereocenters. The second-order valence-electron chi connectivity index (χ2n) is 16.3. The van der Waals surface area contributed by atoms with E-state index in [1.807, 2.05) is 0 Å². The number of carbonyl (C=O) groups excluding carboxylic acids is 2. The lowest BCUT2D eigenvalue weighted by Crippen LogP contribution is -2.30. The summed E-state index contributed by atoms with van der Waals surface area (Å²) in [5, 5.41) is 0.